The molecule has 0 atom stereocenters. The Bertz CT molecular complexity index is 557. The van der Waals surface area contributed by atoms with Crippen molar-refractivity contribution in [2.45, 2.75) is 6.61 Å². The van der Waals surface area contributed by atoms with Crippen LogP contribution in [0.5, 0.6) is 17.4 Å². The van der Waals surface area contributed by atoms with Crippen molar-refractivity contribution in [1.29, 1.82) is 0 Å². The molecule has 18 heavy (non-hydrogen) atoms. The van der Waals surface area contributed by atoms with E-state index in [-0.39, 0.29) is 6.79 Å². The van der Waals surface area contributed by atoms with Gasteiger partial charge in [-0.1, -0.05) is 6.07 Å². The Hall–Kier alpha value is -2.50. The molecule has 1 aromatic carbocycles. The summed E-state index contributed by atoms with van der Waals surface area (Å²) in [7, 11) is 0. The first-order valence-corrected chi connectivity index (χ1v) is 5.40. The van der Waals surface area contributed by atoms with Gasteiger partial charge in [0.2, 0.25) is 12.7 Å². The van der Waals surface area contributed by atoms with Crippen LogP contribution in [0.1, 0.15) is 5.56 Å². The molecule has 0 saturated heterocycles. The lowest BCUT2D eigenvalue weighted by Crippen LogP contribution is -1.99. The van der Waals surface area contributed by atoms with Crippen LogP contribution in [0, 0.1) is 0 Å². The van der Waals surface area contributed by atoms with E-state index < -0.39 is 0 Å². The summed E-state index contributed by atoms with van der Waals surface area (Å²) >= 11 is 0. The number of nitrogens with two attached hydrogens (primary N) is 1. The van der Waals surface area contributed by atoms with Gasteiger partial charge in [0, 0.05) is 0 Å². The summed E-state index contributed by atoms with van der Waals surface area (Å²) < 4.78 is 16.0. The largest absolute Gasteiger partial charge is 0.472 e. The Labute approximate surface area is 103 Å². The Morgan fingerprint density at radius 3 is 2.89 bits per heavy atom. The number of ether oxygens (including phenoxy) is 3. The Morgan fingerprint density at radius 2 is 2.06 bits per heavy atom. The summed E-state index contributed by atoms with van der Waals surface area (Å²) in [6, 6.07) is 5.65. The maximum Gasteiger partial charge on any atom is 0.232 e. The molecular weight excluding hydrogens is 234 g/mol. The highest BCUT2D eigenvalue weighted by Crippen LogP contribution is 2.32. The van der Waals surface area contributed by atoms with Gasteiger partial charge in [0.25, 0.3) is 0 Å². The second kappa shape index (κ2) is 4.40. The second-order valence-corrected chi connectivity index (χ2v) is 3.76. The zero-order valence-electron chi connectivity index (χ0n) is 9.50. The van der Waals surface area contributed by atoms with Crippen LogP contribution in [-0.4, -0.2) is 16.8 Å². The SMILES string of the molecule is Nc1cnc(OCc2ccc3c(c2)OCO3)cn1. The lowest BCUT2D eigenvalue weighted by atomic mass is 10.2. The molecule has 1 aliphatic rings. The fraction of sp³-hybridized carbons (Fsp3) is 0.167. The van der Waals surface area contributed by atoms with Gasteiger partial charge in [-0.25, -0.2) is 9.97 Å². The molecule has 6 heteroatoms. The van der Waals surface area contributed by atoms with E-state index in [1.807, 2.05) is 18.2 Å². The summed E-state index contributed by atoms with van der Waals surface area (Å²) in [4.78, 5) is 7.89. The molecule has 0 saturated carbocycles. The smallest absolute Gasteiger partial charge is 0.232 e. The molecule has 0 spiro atoms. The van der Waals surface area contributed by atoms with E-state index in [0.29, 0.717) is 18.3 Å². The van der Waals surface area contributed by atoms with E-state index in [1.54, 1.807) is 0 Å². The number of rotatable bonds is 3. The van der Waals surface area contributed by atoms with Crippen LogP contribution in [-0.2, 0) is 6.61 Å². The molecule has 0 amide bonds. The molecular formula is C12H11N3O3. The van der Waals surface area contributed by atoms with Crippen molar-refractivity contribution in [2.75, 3.05) is 12.5 Å². The van der Waals surface area contributed by atoms with E-state index in [9.17, 15) is 0 Å². The molecule has 3 rings (SSSR count). The molecule has 2 N–H and O–H groups in total. The average Bonchev–Trinajstić information content (AvgIpc) is 2.85. The highest BCUT2D eigenvalue weighted by Gasteiger charge is 2.13. The molecule has 6 nitrogen and oxygen atoms in total. The van der Waals surface area contributed by atoms with Gasteiger partial charge in [0.05, 0.1) is 12.4 Å². The van der Waals surface area contributed by atoms with Gasteiger partial charge in [-0.15, -0.1) is 0 Å². The number of aromatic nitrogens is 2. The first-order valence-electron chi connectivity index (χ1n) is 5.40. The molecule has 2 heterocycles. The number of hydrogen-bond donors (Lipinski definition) is 1. The van der Waals surface area contributed by atoms with E-state index in [1.165, 1.54) is 12.4 Å². The maximum absolute atomic E-state index is 5.48. The van der Waals surface area contributed by atoms with Gasteiger partial charge in [-0.3, -0.25) is 0 Å². The van der Waals surface area contributed by atoms with E-state index in [0.717, 1.165) is 17.1 Å². The fourth-order valence-electron chi connectivity index (χ4n) is 1.59. The highest BCUT2D eigenvalue weighted by atomic mass is 16.7. The van der Waals surface area contributed by atoms with Crippen molar-refractivity contribution in [3.05, 3.63) is 36.2 Å². The van der Waals surface area contributed by atoms with Gasteiger partial charge in [-0.05, 0) is 17.7 Å². The molecule has 2 aromatic rings. The average molecular weight is 245 g/mol. The lowest BCUT2D eigenvalue weighted by Gasteiger charge is -2.05. The fourth-order valence-corrected chi connectivity index (χ4v) is 1.59. The summed E-state index contributed by atoms with van der Waals surface area (Å²) in [6.45, 7) is 0.651. The molecule has 1 aliphatic heterocycles. The summed E-state index contributed by atoms with van der Waals surface area (Å²) in [5, 5.41) is 0. The quantitative estimate of drug-likeness (QED) is 0.879. The Morgan fingerprint density at radius 1 is 1.17 bits per heavy atom. The molecule has 1 aromatic heterocycles. The van der Waals surface area contributed by atoms with Gasteiger partial charge in [-0.2, -0.15) is 0 Å². The topological polar surface area (TPSA) is 79.5 Å². The second-order valence-electron chi connectivity index (χ2n) is 3.76. The summed E-state index contributed by atoms with van der Waals surface area (Å²) in [5.74, 6) is 2.29. The number of anilines is 1. The number of nitrogens with zero attached hydrogens (tertiary/aromatic N) is 2. The van der Waals surface area contributed by atoms with Crippen LogP contribution in [0.2, 0.25) is 0 Å². The Kier molecular flexibility index (Phi) is 2.60. The van der Waals surface area contributed by atoms with Gasteiger partial charge in [0.15, 0.2) is 11.5 Å². The summed E-state index contributed by atoms with van der Waals surface area (Å²) in [5.41, 5.74) is 6.41. The van der Waals surface area contributed by atoms with Crippen molar-refractivity contribution < 1.29 is 14.2 Å². The molecule has 0 aliphatic carbocycles. The minimum Gasteiger partial charge on any atom is -0.472 e. The van der Waals surface area contributed by atoms with Crippen LogP contribution in [0.4, 0.5) is 5.82 Å². The van der Waals surface area contributed by atoms with E-state index >= 15 is 0 Å². The van der Waals surface area contributed by atoms with Crippen LogP contribution < -0.4 is 19.9 Å². The van der Waals surface area contributed by atoms with Crippen LogP contribution >= 0.6 is 0 Å². The monoisotopic (exact) mass is 245 g/mol. The predicted molar refractivity (Wildman–Crippen MR) is 63.3 cm³/mol. The van der Waals surface area contributed by atoms with Gasteiger partial charge >= 0.3 is 0 Å². The van der Waals surface area contributed by atoms with Gasteiger partial charge < -0.3 is 19.9 Å². The van der Waals surface area contributed by atoms with Crippen LogP contribution in [0.25, 0.3) is 0 Å². The van der Waals surface area contributed by atoms with Crippen molar-refractivity contribution >= 4 is 5.82 Å². The highest BCUT2D eigenvalue weighted by molar-refractivity contribution is 5.44. The van der Waals surface area contributed by atoms with Crippen molar-refractivity contribution in [3.8, 4) is 17.4 Å². The normalized spacial score (nSPS) is 12.4. The first kappa shape index (κ1) is 10.6. The van der Waals surface area contributed by atoms with Gasteiger partial charge in [0.1, 0.15) is 12.4 Å². The van der Waals surface area contributed by atoms with Crippen LogP contribution in [0.15, 0.2) is 30.6 Å². The maximum atomic E-state index is 5.48. The third kappa shape index (κ3) is 2.13. The van der Waals surface area contributed by atoms with Crippen molar-refractivity contribution in [2.24, 2.45) is 0 Å². The summed E-state index contributed by atoms with van der Waals surface area (Å²) in [6.07, 6.45) is 2.94. The zero-order chi connectivity index (χ0) is 12.4. The van der Waals surface area contributed by atoms with Crippen LogP contribution in [0.3, 0.4) is 0 Å². The predicted octanol–water partition coefficient (Wildman–Crippen LogP) is 1.37. The lowest BCUT2D eigenvalue weighted by molar-refractivity contribution is 0.174. The molecule has 0 fully saturated rings. The van der Waals surface area contributed by atoms with Crippen molar-refractivity contribution in [3.63, 3.8) is 0 Å². The first-order chi connectivity index (χ1) is 8.81. The third-order valence-corrected chi connectivity index (χ3v) is 2.47. The minimum absolute atomic E-state index is 0.267. The van der Waals surface area contributed by atoms with Crippen molar-refractivity contribution in [1.82, 2.24) is 9.97 Å². The number of benzene rings is 1. The minimum atomic E-state index is 0.267. The van der Waals surface area contributed by atoms with E-state index in [2.05, 4.69) is 9.97 Å². The zero-order valence-corrected chi connectivity index (χ0v) is 9.50. The van der Waals surface area contributed by atoms with E-state index in [4.69, 9.17) is 19.9 Å². The standard InChI is InChI=1S/C12H11N3O3/c13-11-4-15-12(5-14-11)16-6-8-1-2-9-10(3-8)18-7-17-9/h1-5H,6-7H2,(H2,13,14). The molecule has 0 unspecified atom stereocenters. The Balaban J connectivity index is 1.68. The number of fused-ring (bicyclic) bond motifs is 1. The molecule has 92 valence electrons. The molecule has 0 bridgehead atoms. The number of hydrogen-bond acceptors (Lipinski definition) is 6. The third-order valence-electron chi connectivity index (χ3n) is 2.47. The number of nitrogen functional groups attached to an aromatic ring is 1. The molecule has 0 radical (unpaired) electrons.